The van der Waals surface area contributed by atoms with Gasteiger partial charge < -0.3 is 10.5 Å². The summed E-state index contributed by atoms with van der Waals surface area (Å²) >= 11 is 0. The van der Waals surface area contributed by atoms with Crippen LogP contribution in [-0.4, -0.2) is 15.9 Å². The Kier molecular flexibility index (Phi) is 5.37. The molecule has 0 aliphatic carbocycles. The Bertz CT molecular complexity index is 1080. The molecule has 0 bridgehead atoms. The Morgan fingerprint density at radius 3 is 2.68 bits per heavy atom. The number of ether oxygens (including phenoxy) is 1. The Labute approximate surface area is 164 Å². The van der Waals surface area contributed by atoms with Gasteiger partial charge in [-0.05, 0) is 68.3 Å². The van der Waals surface area contributed by atoms with Gasteiger partial charge in [0.2, 0.25) is 0 Å². The average Bonchev–Trinajstić information content (AvgIpc) is 2.67. The Morgan fingerprint density at radius 2 is 1.96 bits per heavy atom. The average molecular weight is 371 g/mol. The van der Waals surface area contributed by atoms with E-state index in [1.165, 1.54) is 0 Å². The van der Waals surface area contributed by atoms with Crippen molar-refractivity contribution in [2.45, 2.75) is 27.4 Å². The maximum absolute atomic E-state index is 9.19. The lowest BCUT2D eigenvalue weighted by atomic mass is 9.97. The number of hydrogen-bond acceptors (Lipinski definition) is 6. The van der Waals surface area contributed by atoms with E-state index in [1.54, 1.807) is 36.5 Å². The molecule has 6 heteroatoms. The summed E-state index contributed by atoms with van der Waals surface area (Å²) in [4.78, 5) is 0. The highest BCUT2D eigenvalue weighted by atomic mass is 16.5. The molecule has 1 aromatic heterocycles. The van der Waals surface area contributed by atoms with Crippen LogP contribution in [-0.2, 0) is 6.61 Å². The van der Waals surface area contributed by atoms with E-state index in [0.29, 0.717) is 34.7 Å². The summed E-state index contributed by atoms with van der Waals surface area (Å²) in [6, 6.07) is 12.7. The van der Waals surface area contributed by atoms with Gasteiger partial charge in [0.15, 0.2) is 0 Å². The van der Waals surface area contributed by atoms with Crippen molar-refractivity contribution >= 4 is 11.4 Å². The fraction of sp³-hybridized carbons (Fsp3) is 0.182. The lowest BCUT2D eigenvalue weighted by Gasteiger charge is -2.13. The summed E-state index contributed by atoms with van der Waals surface area (Å²) in [7, 11) is 0. The summed E-state index contributed by atoms with van der Waals surface area (Å²) in [5.74, 6) is 0.609. The van der Waals surface area contributed by atoms with Gasteiger partial charge in [-0.1, -0.05) is 0 Å². The Balaban J connectivity index is 1.89. The number of nitrogens with one attached hydrogen (secondary N) is 1. The van der Waals surface area contributed by atoms with E-state index in [9.17, 15) is 5.26 Å². The molecule has 6 nitrogen and oxygen atoms in total. The molecule has 0 aliphatic heterocycles. The van der Waals surface area contributed by atoms with Gasteiger partial charge in [0.25, 0.3) is 0 Å². The number of anilines is 1. The number of nitrogen functional groups attached to an aromatic ring is 1. The highest BCUT2D eigenvalue weighted by Gasteiger charge is 2.13. The molecule has 0 amide bonds. The van der Waals surface area contributed by atoms with Crippen molar-refractivity contribution in [1.29, 1.82) is 10.7 Å². The number of aromatic nitrogens is 2. The molecule has 0 saturated carbocycles. The first-order valence-electron chi connectivity index (χ1n) is 8.80. The fourth-order valence-electron chi connectivity index (χ4n) is 2.99. The predicted octanol–water partition coefficient (Wildman–Crippen LogP) is 3.85. The van der Waals surface area contributed by atoms with Crippen LogP contribution in [0.1, 0.15) is 39.1 Å². The monoisotopic (exact) mass is 371 g/mol. The summed E-state index contributed by atoms with van der Waals surface area (Å²) in [5, 5.41) is 25.8. The topological polar surface area (TPSA) is 109 Å². The summed E-state index contributed by atoms with van der Waals surface area (Å²) in [6.45, 7) is 6.11. The quantitative estimate of drug-likeness (QED) is 0.523. The highest BCUT2D eigenvalue weighted by Crippen LogP contribution is 2.25. The minimum absolute atomic E-state index is 0.251. The van der Waals surface area contributed by atoms with E-state index >= 15 is 0 Å². The van der Waals surface area contributed by atoms with Crippen LogP contribution >= 0.6 is 0 Å². The van der Waals surface area contributed by atoms with Crippen LogP contribution in [0.4, 0.5) is 5.69 Å². The standard InChI is InChI=1S/C22H21N5O/c1-13-6-16(10-23)8-17(7-13)22(25)19-9-18(4-5-21(19)24)28-12-20-14(2)11-26-27-15(20)3/h4-9,11,25H,12,24H2,1-3H3. The van der Waals surface area contributed by atoms with Gasteiger partial charge in [-0.25, -0.2) is 0 Å². The molecule has 0 spiro atoms. The van der Waals surface area contributed by atoms with Gasteiger partial charge in [0, 0.05) is 22.4 Å². The molecule has 0 radical (unpaired) electrons. The van der Waals surface area contributed by atoms with E-state index in [-0.39, 0.29) is 5.71 Å². The predicted molar refractivity (Wildman–Crippen MR) is 109 cm³/mol. The smallest absolute Gasteiger partial charge is 0.120 e. The first kappa shape index (κ1) is 19.1. The molecule has 0 atom stereocenters. The molecule has 3 N–H and O–H groups in total. The van der Waals surface area contributed by atoms with Crippen LogP contribution in [0.2, 0.25) is 0 Å². The second-order valence-electron chi connectivity index (χ2n) is 6.70. The maximum Gasteiger partial charge on any atom is 0.120 e. The normalized spacial score (nSPS) is 10.4. The van der Waals surface area contributed by atoms with Crippen LogP contribution < -0.4 is 10.5 Å². The molecule has 28 heavy (non-hydrogen) atoms. The first-order chi connectivity index (χ1) is 13.4. The number of hydrogen-bond donors (Lipinski definition) is 2. The molecule has 1 heterocycles. The molecule has 3 rings (SSSR count). The van der Waals surface area contributed by atoms with Crippen molar-refractivity contribution in [1.82, 2.24) is 10.2 Å². The maximum atomic E-state index is 9.19. The van der Waals surface area contributed by atoms with Gasteiger partial charge in [0.1, 0.15) is 12.4 Å². The van der Waals surface area contributed by atoms with Crippen molar-refractivity contribution in [2.75, 3.05) is 5.73 Å². The number of benzene rings is 2. The molecule has 140 valence electrons. The van der Waals surface area contributed by atoms with Crippen LogP contribution in [0.5, 0.6) is 5.75 Å². The number of rotatable bonds is 5. The van der Waals surface area contributed by atoms with Crippen molar-refractivity contribution < 1.29 is 4.74 Å². The van der Waals surface area contributed by atoms with Crippen molar-refractivity contribution in [3.05, 3.63) is 81.7 Å². The zero-order chi connectivity index (χ0) is 20.3. The Hall–Kier alpha value is -3.72. The fourth-order valence-corrected chi connectivity index (χ4v) is 2.99. The van der Waals surface area contributed by atoms with Crippen molar-refractivity contribution in [3.8, 4) is 11.8 Å². The molecule has 2 aromatic carbocycles. The third kappa shape index (κ3) is 3.99. The van der Waals surface area contributed by atoms with Crippen LogP contribution in [0.3, 0.4) is 0 Å². The SMILES string of the molecule is Cc1cc(C#N)cc(C(=N)c2cc(OCc3c(C)cnnc3C)ccc2N)c1. The molecule has 3 aromatic rings. The zero-order valence-corrected chi connectivity index (χ0v) is 16.1. The number of aryl methyl sites for hydroxylation is 3. The van der Waals surface area contributed by atoms with Gasteiger partial charge in [-0.3, -0.25) is 5.41 Å². The molecule has 0 unspecified atom stereocenters. The highest BCUT2D eigenvalue weighted by molar-refractivity contribution is 6.14. The van der Waals surface area contributed by atoms with E-state index in [1.807, 2.05) is 26.8 Å². The van der Waals surface area contributed by atoms with Crippen LogP contribution in [0.15, 0.2) is 42.6 Å². The second kappa shape index (κ2) is 7.89. The lowest BCUT2D eigenvalue weighted by Crippen LogP contribution is -2.08. The summed E-state index contributed by atoms with van der Waals surface area (Å²) in [6.07, 6.45) is 1.71. The van der Waals surface area contributed by atoms with Gasteiger partial charge in [-0.2, -0.15) is 15.5 Å². The number of nitriles is 1. The second-order valence-corrected chi connectivity index (χ2v) is 6.70. The van der Waals surface area contributed by atoms with Crippen LogP contribution in [0.25, 0.3) is 0 Å². The van der Waals surface area contributed by atoms with E-state index in [2.05, 4.69) is 16.3 Å². The third-order valence-electron chi connectivity index (χ3n) is 4.54. The van der Waals surface area contributed by atoms with Gasteiger partial charge in [-0.15, -0.1) is 0 Å². The van der Waals surface area contributed by atoms with Gasteiger partial charge in [0.05, 0.1) is 29.2 Å². The first-order valence-corrected chi connectivity index (χ1v) is 8.80. The summed E-state index contributed by atoms with van der Waals surface area (Å²) < 4.78 is 5.93. The number of nitrogens with zero attached hydrogens (tertiary/aromatic N) is 3. The van der Waals surface area contributed by atoms with E-state index in [0.717, 1.165) is 22.4 Å². The summed E-state index contributed by atoms with van der Waals surface area (Å²) in [5.41, 5.74) is 12.3. The molecule has 0 fully saturated rings. The largest absolute Gasteiger partial charge is 0.489 e. The molecule has 0 saturated heterocycles. The van der Waals surface area contributed by atoms with E-state index in [4.69, 9.17) is 15.9 Å². The lowest BCUT2D eigenvalue weighted by molar-refractivity contribution is 0.303. The molecule has 0 aliphatic rings. The van der Waals surface area contributed by atoms with E-state index < -0.39 is 0 Å². The zero-order valence-electron chi connectivity index (χ0n) is 16.1. The van der Waals surface area contributed by atoms with Crippen molar-refractivity contribution in [3.63, 3.8) is 0 Å². The molecular weight excluding hydrogens is 350 g/mol. The number of nitrogens with two attached hydrogens (primary N) is 1. The van der Waals surface area contributed by atoms with Crippen LogP contribution in [0, 0.1) is 37.5 Å². The third-order valence-corrected chi connectivity index (χ3v) is 4.54. The Morgan fingerprint density at radius 1 is 1.18 bits per heavy atom. The minimum atomic E-state index is 0.251. The van der Waals surface area contributed by atoms with Gasteiger partial charge >= 0.3 is 0 Å². The minimum Gasteiger partial charge on any atom is -0.489 e. The molecular formula is C22H21N5O. The van der Waals surface area contributed by atoms with Crippen molar-refractivity contribution in [2.24, 2.45) is 0 Å².